The number of ether oxygens (including phenoxy) is 2. The molecule has 2 rings (SSSR count). The molecule has 1 aliphatic carbocycles. The van der Waals surface area contributed by atoms with E-state index in [1.165, 1.54) is 19.1 Å². The minimum atomic E-state index is -1.15. The summed E-state index contributed by atoms with van der Waals surface area (Å²) in [5.74, 6) is 0.901. The van der Waals surface area contributed by atoms with Crippen LogP contribution in [0.4, 0.5) is 0 Å². The maximum absolute atomic E-state index is 12.4. The van der Waals surface area contributed by atoms with Gasteiger partial charge in [-0.15, -0.1) is 11.8 Å². The SMILES string of the molecule is COC(=O)C1(C(=O)OC)CC(CSc2ccccc2)C(C(C)C)C1. The zero-order valence-corrected chi connectivity index (χ0v) is 15.6. The lowest BCUT2D eigenvalue weighted by atomic mass is 9.83. The third kappa shape index (κ3) is 3.77. The summed E-state index contributed by atoms with van der Waals surface area (Å²) in [6.45, 7) is 4.30. The van der Waals surface area contributed by atoms with Crippen molar-refractivity contribution in [2.45, 2.75) is 31.6 Å². The number of benzene rings is 1. The van der Waals surface area contributed by atoms with E-state index in [0.717, 1.165) is 5.75 Å². The van der Waals surface area contributed by atoms with Crippen molar-refractivity contribution in [3.8, 4) is 0 Å². The third-order valence-corrected chi connectivity index (χ3v) is 6.22. The molecule has 0 saturated heterocycles. The molecule has 0 heterocycles. The number of thioether (sulfide) groups is 1. The molecule has 0 amide bonds. The number of rotatable bonds is 6. The van der Waals surface area contributed by atoms with Crippen LogP contribution in [0.15, 0.2) is 35.2 Å². The fraction of sp³-hybridized carbons (Fsp3) is 0.579. The second-order valence-corrected chi connectivity index (χ2v) is 7.86. The third-order valence-electron chi connectivity index (χ3n) is 5.02. The van der Waals surface area contributed by atoms with Crippen molar-refractivity contribution in [3.05, 3.63) is 30.3 Å². The summed E-state index contributed by atoms with van der Waals surface area (Å²) >= 11 is 1.77. The first-order valence-corrected chi connectivity index (χ1v) is 9.28. The Morgan fingerprint density at radius 2 is 1.71 bits per heavy atom. The van der Waals surface area contributed by atoms with Crippen LogP contribution in [0, 0.1) is 23.2 Å². The van der Waals surface area contributed by atoms with Gasteiger partial charge in [0.15, 0.2) is 5.41 Å². The minimum Gasteiger partial charge on any atom is -0.468 e. The highest BCUT2D eigenvalue weighted by Gasteiger charge is 2.57. The van der Waals surface area contributed by atoms with Crippen LogP contribution in [-0.4, -0.2) is 31.9 Å². The highest BCUT2D eigenvalue weighted by atomic mass is 32.2. The van der Waals surface area contributed by atoms with Crippen LogP contribution in [0.2, 0.25) is 0 Å². The number of hydrogen-bond donors (Lipinski definition) is 0. The summed E-state index contributed by atoms with van der Waals surface area (Å²) in [5, 5.41) is 0. The molecule has 1 aromatic carbocycles. The molecule has 4 nitrogen and oxygen atoms in total. The Hall–Kier alpha value is -1.49. The van der Waals surface area contributed by atoms with Crippen LogP contribution in [0.25, 0.3) is 0 Å². The normalized spacial score (nSPS) is 22.4. The van der Waals surface area contributed by atoms with E-state index in [4.69, 9.17) is 9.47 Å². The van der Waals surface area contributed by atoms with E-state index < -0.39 is 17.4 Å². The Balaban J connectivity index is 2.20. The van der Waals surface area contributed by atoms with Crippen LogP contribution in [0.3, 0.4) is 0 Å². The van der Waals surface area contributed by atoms with Gasteiger partial charge in [-0.25, -0.2) is 0 Å². The maximum atomic E-state index is 12.4. The summed E-state index contributed by atoms with van der Waals surface area (Å²) < 4.78 is 9.91. The van der Waals surface area contributed by atoms with Crippen LogP contribution < -0.4 is 0 Å². The lowest BCUT2D eigenvalue weighted by molar-refractivity contribution is -0.169. The van der Waals surface area contributed by atoms with E-state index in [1.807, 2.05) is 18.2 Å². The van der Waals surface area contributed by atoms with Gasteiger partial charge < -0.3 is 9.47 Å². The Morgan fingerprint density at radius 3 is 2.21 bits per heavy atom. The summed E-state index contributed by atoms with van der Waals surface area (Å²) in [4.78, 5) is 26.0. The predicted molar refractivity (Wildman–Crippen MR) is 94.7 cm³/mol. The molecule has 1 saturated carbocycles. The van der Waals surface area contributed by atoms with Gasteiger partial charge in [0, 0.05) is 10.6 Å². The van der Waals surface area contributed by atoms with Gasteiger partial charge in [-0.3, -0.25) is 9.59 Å². The molecular weight excluding hydrogens is 324 g/mol. The average Bonchev–Trinajstić information content (AvgIpc) is 3.00. The second-order valence-electron chi connectivity index (χ2n) is 6.77. The largest absolute Gasteiger partial charge is 0.468 e. The summed E-state index contributed by atoms with van der Waals surface area (Å²) in [7, 11) is 2.67. The van der Waals surface area contributed by atoms with Gasteiger partial charge in [0.25, 0.3) is 0 Å². The Labute approximate surface area is 148 Å². The number of carbonyl (C=O) groups excluding carboxylic acids is 2. The van der Waals surface area contributed by atoms with Gasteiger partial charge in [-0.2, -0.15) is 0 Å². The van der Waals surface area contributed by atoms with E-state index in [1.54, 1.807) is 11.8 Å². The number of hydrogen-bond acceptors (Lipinski definition) is 5. The van der Waals surface area contributed by atoms with E-state index >= 15 is 0 Å². The van der Waals surface area contributed by atoms with Crippen molar-refractivity contribution in [2.75, 3.05) is 20.0 Å². The van der Waals surface area contributed by atoms with Gasteiger partial charge >= 0.3 is 11.9 Å². The van der Waals surface area contributed by atoms with Crippen LogP contribution in [0.5, 0.6) is 0 Å². The van der Waals surface area contributed by atoms with Gasteiger partial charge in [0.1, 0.15) is 0 Å². The molecular formula is C19H26O4S. The molecule has 2 atom stereocenters. The lowest BCUT2D eigenvalue weighted by Gasteiger charge is -2.23. The van der Waals surface area contributed by atoms with E-state index in [0.29, 0.717) is 24.7 Å². The van der Waals surface area contributed by atoms with Gasteiger partial charge in [0.2, 0.25) is 0 Å². The molecule has 2 unspecified atom stereocenters. The van der Waals surface area contributed by atoms with Crippen molar-refractivity contribution in [3.63, 3.8) is 0 Å². The predicted octanol–water partition coefficient (Wildman–Crippen LogP) is 3.79. The number of esters is 2. The number of methoxy groups -OCH3 is 2. The van der Waals surface area contributed by atoms with Gasteiger partial charge in [-0.1, -0.05) is 32.0 Å². The van der Waals surface area contributed by atoms with Crippen LogP contribution in [-0.2, 0) is 19.1 Å². The molecule has 5 heteroatoms. The van der Waals surface area contributed by atoms with Gasteiger partial charge in [0.05, 0.1) is 14.2 Å². The Kier molecular flexibility index (Phi) is 6.33. The van der Waals surface area contributed by atoms with Crippen molar-refractivity contribution in [1.29, 1.82) is 0 Å². The molecule has 132 valence electrons. The standard InChI is InChI=1S/C19H26O4S/c1-13(2)16-11-19(17(20)22-3,18(21)23-4)10-14(16)12-24-15-8-6-5-7-9-15/h5-9,13-14,16H,10-12H2,1-4H3. The average molecular weight is 350 g/mol. The van der Waals surface area contributed by atoms with Crippen molar-refractivity contribution in [2.24, 2.45) is 23.2 Å². The second kappa shape index (κ2) is 8.06. The summed E-state index contributed by atoms with van der Waals surface area (Å²) in [5.41, 5.74) is -1.15. The zero-order chi connectivity index (χ0) is 17.7. The molecule has 1 fully saturated rings. The maximum Gasteiger partial charge on any atom is 0.323 e. The monoisotopic (exact) mass is 350 g/mol. The topological polar surface area (TPSA) is 52.6 Å². The summed E-state index contributed by atoms with van der Waals surface area (Å²) in [6.07, 6.45) is 0.999. The molecule has 0 aromatic heterocycles. The van der Waals surface area contributed by atoms with E-state index in [2.05, 4.69) is 26.0 Å². The molecule has 0 bridgehead atoms. The van der Waals surface area contributed by atoms with E-state index in [9.17, 15) is 9.59 Å². The number of carbonyl (C=O) groups is 2. The first-order valence-electron chi connectivity index (χ1n) is 8.29. The van der Waals surface area contributed by atoms with Crippen molar-refractivity contribution >= 4 is 23.7 Å². The Morgan fingerprint density at radius 1 is 1.12 bits per heavy atom. The first kappa shape index (κ1) is 18.8. The molecule has 0 spiro atoms. The Bertz CT molecular complexity index is 554. The molecule has 24 heavy (non-hydrogen) atoms. The highest BCUT2D eigenvalue weighted by molar-refractivity contribution is 7.99. The van der Waals surface area contributed by atoms with E-state index in [-0.39, 0.29) is 5.92 Å². The fourth-order valence-corrected chi connectivity index (χ4v) is 4.86. The lowest BCUT2D eigenvalue weighted by Crippen LogP contribution is -2.39. The summed E-state index contributed by atoms with van der Waals surface area (Å²) in [6, 6.07) is 10.2. The molecule has 1 aromatic rings. The highest BCUT2D eigenvalue weighted by Crippen LogP contribution is 2.51. The van der Waals surface area contributed by atoms with Crippen molar-refractivity contribution in [1.82, 2.24) is 0 Å². The molecule has 0 radical (unpaired) electrons. The zero-order valence-electron chi connectivity index (χ0n) is 14.8. The first-order chi connectivity index (χ1) is 11.4. The fourth-order valence-electron chi connectivity index (χ4n) is 3.74. The molecule has 1 aliphatic rings. The van der Waals surface area contributed by atoms with Crippen LogP contribution >= 0.6 is 11.8 Å². The molecule has 0 aliphatic heterocycles. The van der Waals surface area contributed by atoms with Crippen LogP contribution in [0.1, 0.15) is 26.7 Å². The quantitative estimate of drug-likeness (QED) is 0.444. The smallest absolute Gasteiger partial charge is 0.323 e. The minimum absolute atomic E-state index is 0.272. The van der Waals surface area contributed by atoms with Crippen molar-refractivity contribution < 1.29 is 19.1 Å². The molecule has 0 N–H and O–H groups in total. The van der Waals surface area contributed by atoms with Gasteiger partial charge in [-0.05, 0) is 42.7 Å².